The lowest BCUT2D eigenvalue weighted by molar-refractivity contribution is -0.199. The van der Waals surface area contributed by atoms with Crippen molar-refractivity contribution in [1.82, 2.24) is 0 Å². The van der Waals surface area contributed by atoms with Gasteiger partial charge in [-0.25, -0.2) is 0 Å². The third-order valence-electron chi connectivity index (χ3n) is 9.73. The van der Waals surface area contributed by atoms with Gasteiger partial charge in [-0.3, -0.25) is 0 Å². The molecule has 0 spiro atoms. The van der Waals surface area contributed by atoms with Crippen molar-refractivity contribution >= 4 is 32.5 Å². The third kappa shape index (κ3) is 4.39. The predicted octanol–water partition coefficient (Wildman–Crippen LogP) is 6.86. The Hall–Kier alpha value is -0.328. The van der Waals surface area contributed by atoms with Crippen molar-refractivity contribution in [3.8, 4) is 0 Å². The van der Waals surface area contributed by atoms with Crippen LogP contribution in [0.5, 0.6) is 0 Å². The van der Waals surface area contributed by atoms with Crippen molar-refractivity contribution in [2.24, 2.45) is 23.2 Å². The van der Waals surface area contributed by atoms with Gasteiger partial charge in [0.1, 0.15) is 0 Å². The van der Waals surface area contributed by atoms with Crippen LogP contribution in [-0.2, 0) is 20.2 Å². The summed E-state index contributed by atoms with van der Waals surface area (Å²) in [5, 5.41) is 0.912. The SMILES string of the molecule is CC(C)C(Cc1ccc(Cl)cc1B1O[C@@H]2C[C@@H]3C[C@@H](C3(C)C)[C@]2(C)O1)O[Si](C)(C)C(C)(C)C. The average molecular weight is 491 g/mol. The molecule has 1 aliphatic heterocycles. The first-order chi connectivity index (χ1) is 15.1. The first-order valence-corrected chi connectivity index (χ1v) is 16.1. The van der Waals surface area contributed by atoms with Gasteiger partial charge in [0.2, 0.25) is 0 Å². The van der Waals surface area contributed by atoms with E-state index in [1.165, 1.54) is 12.0 Å². The maximum absolute atomic E-state index is 6.91. The van der Waals surface area contributed by atoms with Crippen LogP contribution >= 0.6 is 11.6 Å². The maximum Gasteiger partial charge on any atom is 0.494 e. The molecule has 4 aliphatic rings. The minimum atomic E-state index is -1.89. The Morgan fingerprint density at radius 2 is 1.85 bits per heavy atom. The topological polar surface area (TPSA) is 27.7 Å². The highest BCUT2D eigenvalue weighted by Gasteiger charge is 2.68. The van der Waals surface area contributed by atoms with E-state index >= 15 is 0 Å². The Morgan fingerprint density at radius 3 is 2.42 bits per heavy atom. The van der Waals surface area contributed by atoms with Gasteiger partial charge in [-0.1, -0.05) is 66.1 Å². The zero-order valence-corrected chi connectivity index (χ0v) is 24.2. The van der Waals surface area contributed by atoms with Gasteiger partial charge in [0.15, 0.2) is 8.32 Å². The van der Waals surface area contributed by atoms with E-state index in [0.29, 0.717) is 17.3 Å². The molecule has 4 fully saturated rings. The molecule has 1 heterocycles. The summed E-state index contributed by atoms with van der Waals surface area (Å²) >= 11 is 6.49. The van der Waals surface area contributed by atoms with Gasteiger partial charge in [0.05, 0.1) is 17.8 Å². The van der Waals surface area contributed by atoms with Crippen LogP contribution in [0, 0.1) is 23.2 Å². The molecule has 6 heteroatoms. The molecule has 1 unspecified atom stereocenters. The van der Waals surface area contributed by atoms with E-state index in [2.05, 4.69) is 80.6 Å². The quantitative estimate of drug-likeness (QED) is 0.407. The van der Waals surface area contributed by atoms with Crippen molar-refractivity contribution in [3.63, 3.8) is 0 Å². The summed E-state index contributed by atoms with van der Waals surface area (Å²) < 4.78 is 20.3. The molecule has 1 saturated heterocycles. The highest BCUT2D eigenvalue weighted by atomic mass is 35.5. The van der Waals surface area contributed by atoms with E-state index in [0.717, 1.165) is 29.2 Å². The number of hydrogen-bond acceptors (Lipinski definition) is 3. The fraction of sp³-hybridized carbons (Fsp3) is 0.778. The number of rotatable bonds is 6. The van der Waals surface area contributed by atoms with Crippen molar-refractivity contribution in [2.75, 3.05) is 0 Å². The first kappa shape index (κ1) is 25.8. The van der Waals surface area contributed by atoms with Gasteiger partial charge < -0.3 is 13.7 Å². The minimum absolute atomic E-state index is 0.150. The summed E-state index contributed by atoms with van der Waals surface area (Å²) in [4.78, 5) is 0. The van der Waals surface area contributed by atoms with Crippen LogP contribution in [0.2, 0.25) is 23.2 Å². The largest absolute Gasteiger partial charge is 0.494 e. The smallest absolute Gasteiger partial charge is 0.413 e. The van der Waals surface area contributed by atoms with E-state index < -0.39 is 8.32 Å². The van der Waals surface area contributed by atoms with Gasteiger partial charge >= 0.3 is 7.12 Å². The number of benzene rings is 1. The van der Waals surface area contributed by atoms with E-state index in [1.807, 2.05) is 6.07 Å². The summed E-state index contributed by atoms with van der Waals surface area (Å²) in [6.45, 7) is 23.2. The Bertz CT molecular complexity index is 896. The molecule has 33 heavy (non-hydrogen) atoms. The van der Waals surface area contributed by atoms with Crippen molar-refractivity contribution < 1.29 is 13.7 Å². The molecule has 3 aliphatic carbocycles. The second kappa shape index (κ2) is 8.37. The van der Waals surface area contributed by atoms with Gasteiger partial charge in [0, 0.05) is 5.02 Å². The molecule has 0 aromatic heterocycles. The van der Waals surface area contributed by atoms with Crippen LogP contribution in [0.3, 0.4) is 0 Å². The fourth-order valence-electron chi connectivity index (χ4n) is 6.16. The zero-order valence-electron chi connectivity index (χ0n) is 22.4. The highest BCUT2D eigenvalue weighted by Crippen LogP contribution is 2.65. The summed E-state index contributed by atoms with van der Waals surface area (Å²) in [6, 6.07) is 6.21. The lowest BCUT2D eigenvalue weighted by Gasteiger charge is -2.64. The van der Waals surface area contributed by atoms with Gasteiger partial charge in [-0.05, 0) is 90.6 Å². The molecule has 1 aromatic rings. The maximum atomic E-state index is 6.91. The molecule has 184 valence electrons. The minimum Gasteiger partial charge on any atom is -0.413 e. The van der Waals surface area contributed by atoms with Crippen LogP contribution in [0.25, 0.3) is 0 Å². The number of halogens is 1. The summed E-state index contributed by atoms with van der Waals surface area (Å²) in [5.74, 6) is 1.71. The molecule has 3 saturated carbocycles. The Kier molecular flexibility index (Phi) is 6.53. The molecular weight excluding hydrogens is 447 g/mol. The lowest BCUT2D eigenvalue weighted by Crippen LogP contribution is -2.65. The van der Waals surface area contributed by atoms with Crippen LogP contribution in [0.4, 0.5) is 0 Å². The molecule has 3 nitrogen and oxygen atoms in total. The van der Waals surface area contributed by atoms with E-state index in [1.54, 1.807) is 0 Å². The molecule has 0 radical (unpaired) electrons. The average Bonchev–Trinajstić information content (AvgIpc) is 3.04. The van der Waals surface area contributed by atoms with E-state index in [9.17, 15) is 0 Å². The normalized spacial score (nSPS) is 32.0. The summed E-state index contributed by atoms with van der Waals surface area (Å²) in [7, 11) is -2.25. The van der Waals surface area contributed by atoms with Crippen LogP contribution in [0.15, 0.2) is 18.2 Å². The van der Waals surface area contributed by atoms with Crippen LogP contribution < -0.4 is 5.46 Å². The molecule has 5 rings (SSSR count). The summed E-state index contributed by atoms with van der Waals surface area (Å²) in [5.41, 5.74) is 2.42. The predicted molar refractivity (Wildman–Crippen MR) is 142 cm³/mol. The van der Waals surface area contributed by atoms with Crippen LogP contribution in [-0.4, -0.2) is 33.2 Å². The molecule has 0 N–H and O–H groups in total. The monoisotopic (exact) mass is 490 g/mol. The molecule has 2 bridgehead atoms. The van der Waals surface area contributed by atoms with Crippen molar-refractivity contribution in [2.45, 2.75) is 111 Å². The van der Waals surface area contributed by atoms with Crippen molar-refractivity contribution in [1.29, 1.82) is 0 Å². The Morgan fingerprint density at radius 1 is 1.18 bits per heavy atom. The lowest BCUT2D eigenvalue weighted by atomic mass is 9.43. The second-order valence-corrected chi connectivity index (χ2v) is 18.7. The van der Waals surface area contributed by atoms with Gasteiger partial charge in [-0.2, -0.15) is 0 Å². The highest BCUT2D eigenvalue weighted by molar-refractivity contribution is 6.74. The number of hydrogen-bond donors (Lipinski definition) is 0. The molecule has 5 atom stereocenters. The standard InChI is InChI=1S/C27H44BClO3Si/c1-17(2)22(31-33(9,10)25(3,4)5)13-18-11-12-20(29)16-21(18)28-30-24-15-19-14-23(26(19,6)7)27(24,8)32-28/h11-12,16-17,19,22-24H,13-15H2,1-10H3/t19-,22?,23-,24+,27-/m0/s1. The zero-order chi connectivity index (χ0) is 24.6. The second-order valence-electron chi connectivity index (χ2n) is 13.5. The van der Waals surface area contributed by atoms with Gasteiger partial charge in [0.25, 0.3) is 0 Å². The first-order valence-electron chi connectivity index (χ1n) is 12.9. The van der Waals surface area contributed by atoms with Gasteiger partial charge in [-0.15, -0.1) is 0 Å². The van der Waals surface area contributed by atoms with E-state index in [4.69, 9.17) is 25.3 Å². The fourth-order valence-corrected chi connectivity index (χ4v) is 7.80. The third-order valence-corrected chi connectivity index (χ3v) is 14.5. The Balaban J connectivity index is 1.60. The molecule has 0 amide bonds. The van der Waals surface area contributed by atoms with Crippen LogP contribution in [0.1, 0.15) is 73.8 Å². The summed E-state index contributed by atoms with van der Waals surface area (Å²) in [6.07, 6.45) is 3.51. The van der Waals surface area contributed by atoms with E-state index in [-0.39, 0.29) is 30.0 Å². The Labute approximate surface area is 208 Å². The molecule has 1 aromatic carbocycles. The molecular formula is C27H44BClO3Si. The van der Waals surface area contributed by atoms with Crippen molar-refractivity contribution in [3.05, 3.63) is 28.8 Å².